The van der Waals surface area contributed by atoms with Crippen LogP contribution >= 0.6 is 0 Å². The van der Waals surface area contributed by atoms with Crippen LogP contribution < -0.4 is 5.32 Å². The van der Waals surface area contributed by atoms with Crippen LogP contribution in [0.3, 0.4) is 0 Å². The predicted molar refractivity (Wildman–Crippen MR) is 113 cm³/mol. The maximum atomic E-state index is 12.4. The molecule has 6 nitrogen and oxygen atoms in total. The lowest BCUT2D eigenvalue weighted by Gasteiger charge is -2.17. The number of benzene rings is 2. The van der Waals surface area contributed by atoms with Gasteiger partial charge in [0.25, 0.3) is 0 Å². The SMILES string of the molecule is CCn1ccc(CC(NC(=O)OCC2c3ccccc3-c3ccccc32)C(=O)O)c1. The van der Waals surface area contributed by atoms with E-state index in [9.17, 15) is 14.7 Å². The molecule has 1 atom stereocenters. The Kier molecular flexibility index (Phi) is 5.57. The van der Waals surface area contributed by atoms with Crippen molar-refractivity contribution in [1.82, 2.24) is 9.88 Å². The fraction of sp³-hybridized carbons (Fsp3) is 0.250. The van der Waals surface area contributed by atoms with Crippen molar-refractivity contribution < 1.29 is 19.4 Å². The molecule has 1 amide bonds. The van der Waals surface area contributed by atoms with Gasteiger partial charge in [-0.15, -0.1) is 0 Å². The highest BCUT2D eigenvalue weighted by atomic mass is 16.5. The first-order chi connectivity index (χ1) is 14.6. The zero-order valence-corrected chi connectivity index (χ0v) is 16.7. The van der Waals surface area contributed by atoms with Crippen molar-refractivity contribution >= 4 is 12.1 Å². The highest BCUT2D eigenvalue weighted by Gasteiger charge is 2.29. The van der Waals surface area contributed by atoms with Crippen molar-refractivity contribution in [2.45, 2.75) is 31.8 Å². The molecule has 30 heavy (non-hydrogen) atoms. The van der Waals surface area contributed by atoms with Crippen LogP contribution in [-0.4, -0.2) is 34.4 Å². The summed E-state index contributed by atoms with van der Waals surface area (Å²) in [6, 6.07) is 17.0. The molecule has 6 heteroatoms. The fourth-order valence-corrected chi connectivity index (χ4v) is 4.03. The first kappa shape index (κ1) is 19.8. The molecule has 1 aliphatic rings. The van der Waals surface area contributed by atoms with E-state index >= 15 is 0 Å². The van der Waals surface area contributed by atoms with E-state index in [4.69, 9.17) is 4.74 Å². The molecule has 4 rings (SSSR count). The number of rotatable bonds is 7. The third kappa shape index (κ3) is 3.94. The topological polar surface area (TPSA) is 80.6 Å². The summed E-state index contributed by atoms with van der Waals surface area (Å²) in [4.78, 5) is 24.0. The predicted octanol–water partition coefficient (Wildman–Crippen LogP) is 4.04. The summed E-state index contributed by atoms with van der Waals surface area (Å²) >= 11 is 0. The van der Waals surface area contributed by atoms with E-state index in [1.54, 1.807) is 0 Å². The average Bonchev–Trinajstić information content (AvgIpc) is 3.34. The summed E-state index contributed by atoms with van der Waals surface area (Å²) in [6.07, 6.45) is 3.25. The van der Waals surface area contributed by atoms with Gasteiger partial charge < -0.3 is 19.7 Å². The number of aromatic nitrogens is 1. The molecule has 1 aliphatic carbocycles. The van der Waals surface area contributed by atoms with E-state index in [-0.39, 0.29) is 18.9 Å². The Bertz CT molecular complexity index is 1030. The second-order valence-corrected chi connectivity index (χ2v) is 7.42. The van der Waals surface area contributed by atoms with Crippen LogP contribution in [0.15, 0.2) is 67.0 Å². The second-order valence-electron chi connectivity index (χ2n) is 7.42. The minimum Gasteiger partial charge on any atom is -0.480 e. The van der Waals surface area contributed by atoms with E-state index in [0.717, 1.165) is 34.4 Å². The van der Waals surface area contributed by atoms with Gasteiger partial charge in [-0.3, -0.25) is 0 Å². The number of amides is 1. The van der Waals surface area contributed by atoms with E-state index < -0.39 is 18.1 Å². The van der Waals surface area contributed by atoms with Gasteiger partial charge >= 0.3 is 12.1 Å². The quantitative estimate of drug-likeness (QED) is 0.623. The van der Waals surface area contributed by atoms with Crippen molar-refractivity contribution in [3.05, 3.63) is 83.7 Å². The molecule has 0 bridgehead atoms. The number of carbonyl (C=O) groups is 2. The molecule has 3 aromatic rings. The van der Waals surface area contributed by atoms with Gasteiger partial charge in [-0.05, 0) is 40.8 Å². The lowest BCUT2D eigenvalue weighted by molar-refractivity contribution is -0.139. The van der Waals surface area contributed by atoms with Gasteiger partial charge in [0.2, 0.25) is 0 Å². The number of aliphatic carboxylic acids is 1. The normalized spacial score (nSPS) is 13.4. The van der Waals surface area contributed by atoms with Crippen molar-refractivity contribution in [2.24, 2.45) is 0 Å². The molecular formula is C24H24N2O4. The Morgan fingerprint density at radius 1 is 1.07 bits per heavy atom. The number of carboxylic acid groups (broad SMARTS) is 1. The van der Waals surface area contributed by atoms with Crippen molar-refractivity contribution in [2.75, 3.05) is 6.61 Å². The minimum absolute atomic E-state index is 0.0648. The first-order valence-corrected chi connectivity index (χ1v) is 10.1. The summed E-state index contributed by atoms with van der Waals surface area (Å²) < 4.78 is 7.43. The van der Waals surface area contributed by atoms with E-state index in [1.807, 2.05) is 66.3 Å². The number of hydrogen-bond acceptors (Lipinski definition) is 3. The number of fused-ring (bicyclic) bond motifs is 3. The average molecular weight is 404 g/mol. The molecule has 0 aliphatic heterocycles. The van der Waals surface area contributed by atoms with Crippen molar-refractivity contribution in [3.8, 4) is 11.1 Å². The Labute approximate surface area is 175 Å². The Balaban J connectivity index is 1.42. The number of nitrogens with one attached hydrogen (secondary N) is 1. The summed E-state index contributed by atoms with van der Waals surface area (Å²) in [7, 11) is 0. The van der Waals surface area contributed by atoms with Crippen LogP contribution in [0.25, 0.3) is 11.1 Å². The van der Waals surface area contributed by atoms with Gasteiger partial charge in [-0.25, -0.2) is 9.59 Å². The molecule has 0 spiro atoms. The van der Waals surface area contributed by atoms with Gasteiger partial charge in [0.15, 0.2) is 0 Å². The molecule has 2 aromatic carbocycles. The van der Waals surface area contributed by atoms with E-state index in [2.05, 4.69) is 17.4 Å². The van der Waals surface area contributed by atoms with Crippen LogP contribution in [0.4, 0.5) is 4.79 Å². The maximum absolute atomic E-state index is 12.4. The molecule has 0 fully saturated rings. The van der Waals surface area contributed by atoms with Crippen LogP contribution in [0.1, 0.15) is 29.5 Å². The highest BCUT2D eigenvalue weighted by molar-refractivity contribution is 5.81. The zero-order chi connectivity index (χ0) is 21.1. The second kappa shape index (κ2) is 8.45. The largest absolute Gasteiger partial charge is 0.480 e. The number of carboxylic acids is 1. The molecule has 0 saturated carbocycles. The first-order valence-electron chi connectivity index (χ1n) is 10.1. The van der Waals surface area contributed by atoms with Gasteiger partial charge in [0.05, 0.1) is 0 Å². The smallest absolute Gasteiger partial charge is 0.407 e. The molecule has 1 aromatic heterocycles. The third-order valence-corrected chi connectivity index (χ3v) is 5.55. The Hall–Kier alpha value is -3.54. The number of aryl methyl sites for hydroxylation is 1. The van der Waals surface area contributed by atoms with E-state index in [1.165, 1.54) is 0 Å². The minimum atomic E-state index is -1.09. The van der Waals surface area contributed by atoms with Crippen molar-refractivity contribution in [1.29, 1.82) is 0 Å². The third-order valence-electron chi connectivity index (χ3n) is 5.55. The monoisotopic (exact) mass is 404 g/mol. The fourth-order valence-electron chi connectivity index (χ4n) is 4.03. The summed E-state index contributed by atoms with van der Waals surface area (Å²) in [6.45, 7) is 2.96. The molecule has 154 valence electrons. The van der Waals surface area contributed by atoms with Gasteiger partial charge in [-0.1, -0.05) is 48.5 Å². The standard InChI is InChI=1S/C24H24N2O4/c1-2-26-12-11-16(14-26)13-22(23(27)28)25-24(29)30-15-21-19-9-5-3-7-17(19)18-8-4-6-10-20(18)21/h3-12,14,21-22H,2,13,15H2,1H3,(H,25,29)(H,27,28). The Morgan fingerprint density at radius 3 is 2.27 bits per heavy atom. The van der Waals surface area contributed by atoms with Crippen molar-refractivity contribution in [3.63, 3.8) is 0 Å². The molecule has 2 N–H and O–H groups in total. The van der Waals surface area contributed by atoms with Crippen LogP contribution in [0, 0.1) is 0 Å². The summed E-state index contributed by atoms with van der Waals surface area (Å²) in [5.41, 5.74) is 5.37. The van der Waals surface area contributed by atoms with Crippen LogP contribution in [0.5, 0.6) is 0 Å². The number of alkyl carbamates (subject to hydrolysis) is 1. The number of nitrogens with zero attached hydrogens (tertiary/aromatic N) is 1. The van der Waals surface area contributed by atoms with Gasteiger partial charge in [0.1, 0.15) is 12.6 Å². The number of hydrogen-bond donors (Lipinski definition) is 2. The molecule has 0 saturated heterocycles. The highest BCUT2D eigenvalue weighted by Crippen LogP contribution is 2.44. The number of ether oxygens (including phenoxy) is 1. The van der Waals surface area contributed by atoms with Gasteiger partial charge in [0, 0.05) is 31.3 Å². The van der Waals surface area contributed by atoms with E-state index in [0.29, 0.717) is 0 Å². The zero-order valence-electron chi connectivity index (χ0n) is 16.7. The Morgan fingerprint density at radius 2 is 1.70 bits per heavy atom. The van der Waals surface area contributed by atoms with Gasteiger partial charge in [-0.2, -0.15) is 0 Å². The lowest BCUT2D eigenvalue weighted by atomic mass is 9.98. The maximum Gasteiger partial charge on any atom is 0.407 e. The molecule has 1 unspecified atom stereocenters. The molecule has 0 radical (unpaired) electrons. The molecule has 1 heterocycles. The summed E-state index contributed by atoms with van der Waals surface area (Å²) in [5.74, 6) is -1.15. The van der Waals surface area contributed by atoms with Crippen LogP contribution in [0.2, 0.25) is 0 Å². The summed E-state index contributed by atoms with van der Waals surface area (Å²) in [5, 5.41) is 12.0. The lowest BCUT2D eigenvalue weighted by Crippen LogP contribution is -2.42. The van der Waals surface area contributed by atoms with Crippen LogP contribution in [-0.2, 0) is 22.5 Å². The number of carbonyl (C=O) groups excluding carboxylic acids is 1. The molecular weight excluding hydrogens is 380 g/mol.